The van der Waals surface area contributed by atoms with Gasteiger partial charge in [-0.1, -0.05) is 0 Å². The molecule has 0 saturated heterocycles. The van der Waals surface area contributed by atoms with E-state index in [4.69, 9.17) is 25.7 Å². The summed E-state index contributed by atoms with van der Waals surface area (Å²) in [5, 5.41) is 0. The van der Waals surface area contributed by atoms with E-state index in [1.165, 1.54) is 0 Å². The van der Waals surface area contributed by atoms with Crippen molar-refractivity contribution in [2.75, 3.05) is 0 Å². The average molecular weight is 217 g/mol. The number of halogens is 3. The zero-order valence-electron chi connectivity index (χ0n) is 1.71. The monoisotopic (exact) mass is 216 g/mol. The van der Waals surface area contributed by atoms with Gasteiger partial charge in [-0.25, -0.2) is 0 Å². The van der Waals surface area contributed by atoms with Crippen molar-refractivity contribution in [3.8, 4) is 0 Å². The van der Waals surface area contributed by atoms with Crippen LogP contribution in [-0.4, -0.2) is 17.9 Å². The van der Waals surface area contributed by atoms with Crippen molar-refractivity contribution >= 4 is 43.6 Å². The van der Waals surface area contributed by atoms with Crippen LogP contribution in [0.3, 0.4) is 0 Å². The minimum absolute atomic E-state index is 2.22. The molecule has 0 amide bonds. The van der Waals surface area contributed by atoms with Crippen LogP contribution in [0.1, 0.15) is 0 Å². The first-order chi connectivity index (χ1) is 1.73. The summed E-state index contributed by atoms with van der Waals surface area (Å²) in [6, 6.07) is 0. The van der Waals surface area contributed by atoms with Crippen LogP contribution in [0, 0.1) is 0 Å². The molecule has 0 aliphatic carbocycles. The molecule has 0 N–H and O–H groups in total. The van der Waals surface area contributed by atoms with Gasteiger partial charge in [0.2, 0.25) is 0 Å². The molecule has 4 heteroatoms. The summed E-state index contributed by atoms with van der Waals surface area (Å²) in [5.41, 5.74) is 0. The Bertz CT molecular complexity index is 8.00. The molecule has 0 spiro atoms. The Morgan fingerprint density at radius 3 is 1.00 bits per heavy atom. The second-order valence-electron chi connectivity index (χ2n) is 0.247. The van der Waals surface area contributed by atoms with E-state index in [1.807, 2.05) is 0 Å². The number of hydrogen-bond acceptors (Lipinski definition) is 0. The Kier molecular flexibility index (Phi) is 4.23. The molecular weight excluding hydrogens is 217 g/mol. The standard InChI is InChI=1S/3ClH.In/h3*1H;/q;;;+3/p-3/i;;;1-4. The van der Waals surface area contributed by atoms with Gasteiger partial charge in [0.25, 0.3) is 0 Å². The Labute approximate surface area is 43.3 Å². The van der Waals surface area contributed by atoms with E-state index >= 15 is 0 Å². The van der Waals surface area contributed by atoms with Gasteiger partial charge in [-0.05, 0) is 0 Å². The summed E-state index contributed by atoms with van der Waals surface area (Å²) in [6.45, 7) is 0. The molecule has 0 fully saturated rings. The van der Waals surface area contributed by atoms with Crippen LogP contribution >= 0.6 is 25.7 Å². The molecule has 0 aromatic rings. The average Bonchev–Trinajstić information content (AvgIpc) is 0.811. The Balaban J connectivity index is 2.32. The third kappa shape index (κ3) is 9.27. The molecule has 0 aliphatic rings. The van der Waals surface area contributed by atoms with Crippen LogP contribution < -0.4 is 0 Å². The van der Waals surface area contributed by atoms with E-state index in [0.29, 0.717) is 0 Å². The van der Waals surface area contributed by atoms with Crippen molar-refractivity contribution in [3.05, 3.63) is 0 Å². The quantitative estimate of drug-likeness (QED) is 0.579. The number of rotatable bonds is 0. The molecule has 0 radical (unpaired) electrons. The molecule has 0 atom stereocenters. The van der Waals surface area contributed by atoms with Gasteiger partial charge in [0.05, 0.1) is 0 Å². The van der Waals surface area contributed by atoms with Crippen LogP contribution in [0.15, 0.2) is 0 Å². The van der Waals surface area contributed by atoms with Gasteiger partial charge < -0.3 is 0 Å². The van der Waals surface area contributed by atoms with Crippen LogP contribution in [0.4, 0.5) is 0 Å². The maximum absolute atomic E-state index is 5.02. The third-order valence-corrected chi connectivity index (χ3v) is 0. The molecule has 4 heavy (non-hydrogen) atoms. The third-order valence-electron chi connectivity index (χ3n) is 0. The zero-order valence-corrected chi connectivity index (χ0v) is 7.27. The number of hydrogen-bond donors (Lipinski definition) is 0. The predicted octanol–water partition coefficient (Wildman–Crippen LogP) is 1.69. The molecule has 0 unspecified atom stereocenters. The van der Waals surface area contributed by atoms with Gasteiger partial charge in [0, 0.05) is 0 Å². The zero-order chi connectivity index (χ0) is 3.58. The van der Waals surface area contributed by atoms with Gasteiger partial charge in [-0.2, -0.15) is 0 Å². The van der Waals surface area contributed by atoms with Crippen molar-refractivity contribution in [3.63, 3.8) is 0 Å². The fraction of sp³-hybridized carbons (Fsp3) is 0. The van der Waals surface area contributed by atoms with E-state index in [1.54, 1.807) is 0 Å². The molecule has 0 bridgehead atoms. The van der Waals surface area contributed by atoms with Crippen molar-refractivity contribution in [1.82, 2.24) is 0 Å². The van der Waals surface area contributed by atoms with E-state index in [9.17, 15) is 0 Å². The fourth-order valence-electron chi connectivity index (χ4n) is 0. The molecule has 0 aromatic carbocycles. The topological polar surface area (TPSA) is 0 Å². The van der Waals surface area contributed by atoms with E-state index in [2.05, 4.69) is 0 Å². The minimum atomic E-state index is -2.22. The SMILES string of the molecule is [Cl][111In]([Cl])[Cl]. The van der Waals surface area contributed by atoms with E-state index in [-0.39, 0.29) is 0 Å². The van der Waals surface area contributed by atoms with Crippen LogP contribution in [-0.2, 0) is 0 Å². The van der Waals surface area contributed by atoms with Gasteiger partial charge in [0.15, 0.2) is 0 Å². The predicted molar refractivity (Wildman–Crippen MR) is 23.3 cm³/mol. The Morgan fingerprint density at radius 1 is 1.00 bits per heavy atom. The summed E-state index contributed by atoms with van der Waals surface area (Å²) in [4.78, 5) is 0. The second-order valence-corrected chi connectivity index (χ2v) is 14.9. The molecule has 0 rings (SSSR count). The molecule has 0 saturated carbocycles. The summed E-state index contributed by atoms with van der Waals surface area (Å²) >= 11 is -2.22. The summed E-state index contributed by atoms with van der Waals surface area (Å²) in [5.74, 6) is 0. The first-order valence-corrected chi connectivity index (χ1v) is 13.2. The molecule has 0 aromatic heterocycles. The fourth-order valence-corrected chi connectivity index (χ4v) is 0. The Hall–Kier alpha value is 1.74. The second kappa shape index (κ2) is 2.95. The molecule has 24 valence electrons. The van der Waals surface area contributed by atoms with Gasteiger partial charge in [-0.3, -0.25) is 0 Å². The van der Waals surface area contributed by atoms with Crippen molar-refractivity contribution < 1.29 is 0 Å². The van der Waals surface area contributed by atoms with Gasteiger partial charge in [-0.15, -0.1) is 0 Å². The molecular formula is Cl3In. The first kappa shape index (κ1) is 5.74. The normalized spacial score (nSPS) is 6.75. The molecule has 0 heterocycles. The molecule has 0 nitrogen and oxygen atoms in total. The summed E-state index contributed by atoms with van der Waals surface area (Å²) < 4.78 is 0. The van der Waals surface area contributed by atoms with Gasteiger partial charge in [0.1, 0.15) is 0 Å². The summed E-state index contributed by atoms with van der Waals surface area (Å²) in [7, 11) is 15.0. The maximum atomic E-state index is 5.02. The Morgan fingerprint density at radius 2 is 1.00 bits per heavy atom. The summed E-state index contributed by atoms with van der Waals surface area (Å²) in [6.07, 6.45) is 0. The van der Waals surface area contributed by atoms with Crippen LogP contribution in [0.2, 0.25) is 0 Å². The van der Waals surface area contributed by atoms with E-state index in [0.717, 1.165) is 0 Å². The van der Waals surface area contributed by atoms with Crippen LogP contribution in [0.25, 0.3) is 0 Å². The van der Waals surface area contributed by atoms with Crippen LogP contribution in [0.5, 0.6) is 0 Å². The van der Waals surface area contributed by atoms with Crippen molar-refractivity contribution in [1.29, 1.82) is 0 Å². The first-order valence-electron chi connectivity index (χ1n) is 0.655. The van der Waals surface area contributed by atoms with Crippen molar-refractivity contribution in [2.45, 2.75) is 0 Å². The molecule has 0 aliphatic heterocycles. The van der Waals surface area contributed by atoms with Gasteiger partial charge >= 0.3 is 43.6 Å². The van der Waals surface area contributed by atoms with E-state index < -0.39 is 17.9 Å². The van der Waals surface area contributed by atoms with Crippen molar-refractivity contribution in [2.24, 2.45) is 0 Å².